The van der Waals surface area contributed by atoms with Gasteiger partial charge in [-0.1, -0.05) is 18.2 Å². The molecule has 1 aliphatic carbocycles. The van der Waals surface area contributed by atoms with Gasteiger partial charge in [-0.3, -0.25) is 4.79 Å². The van der Waals surface area contributed by atoms with Gasteiger partial charge in [-0.15, -0.1) is 10.2 Å². The van der Waals surface area contributed by atoms with Crippen molar-refractivity contribution in [2.24, 2.45) is 0 Å². The quantitative estimate of drug-likeness (QED) is 0.545. The molecule has 3 aromatic heterocycles. The Bertz CT molecular complexity index is 1190. The number of para-hydroxylation sites is 1. The number of ketones is 1. The molecule has 1 unspecified atom stereocenters. The molecule has 0 amide bonds. The highest BCUT2D eigenvalue weighted by Gasteiger charge is 2.32. The van der Waals surface area contributed by atoms with Crippen molar-refractivity contribution in [3.05, 3.63) is 65.5 Å². The topological polar surface area (TPSA) is 82.5 Å². The number of ether oxygens (including phenoxy) is 1. The van der Waals surface area contributed by atoms with Crippen LogP contribution in [-0.2, 0) is 6.42 Å². The summed E-state index contributed by atoms with van der Waals surface area (Å²) in [5, 5.41) is 13.3. The molecule has 0 saturated heterocycles. The molecule has 0 fully saturated rings. The summed E-state index contributed by atoms with van der Waals surface area (Å²) in [6.07, 6.45) is 2.61. The fourth-order valence-electron chi connectivity index (χ4n) is 3.97. The third-order valence-corrected chi connectivity index (χ3v) is 5.27. The van der Waals surface area contributed by atoms with Gasteiger partial charge in [0.15, 0.2) is 17.1 Å². The van der Waals surface area contributed by atoms with Crippen LogP contribution in [0.2, 0.25) is 0 Å². The van der Waals surface area contributed by atoms with Gasteiger partial charge < -0.3 is 9.15 Å². The van der Waals surface area contributed by atoms with Gasteiger partial charge in [0.05, 0.1) is 30.3 Å². The van der Waals surface area contributed by atoms with Crippen molar-refractivity contribution in [2.75, 3.05) is 7.11 Å². The Morgan fingerprint density at radius 3 is 2.79 bits per heavy atom. The smallest absolute Gasteiger partial charge is 0.185 e. The van der Waals surface area contributed by atoms with Gasteiger partial charge in [-0.25, -0.2) is 4.52 Å². The maximum Gasteiger partial charge on any atom is 0.185 e. The summed E-state index contributed by atoms with van der Waals surface area (Å²) in [6.45, 7) is 1.93. The first-order valence-electron chi connectivity index (χ1n) is 9.12. The van der Waals surface area contributed by atoms with Crippen molar-refractivity contribution in [3.63, 3.8) is 0 Å². The van der Waals surface area contributed by atoms with Crippen LogP contribution >= 0.6 is 0 Å². The fraction of sp³-hybridized carbons (Fsp3) is 0.238. The maximum absolute atomic E-state index is 12.7. The predicted molar refractivity (Wildman–Crippen MR) is 102 cm³/mol. The first-order valence-corrected chi connectivity index (χ1v) is 9.12. The first kappa shape index (κ1) is 16.7. The molecule has 0 saturated carbocycles. The summed E-state index contributed by atoms with van der Waals surface area (Å²) in [7, 11) is 1.64. The second-order valence-electron chi connectivity index (χ2n) is 6.94. The van der Waals surface area contributed by atoms with Gasteiger partial charge in [-0.2, -0.15) is 5.10 Å². The van der Waals surface area contributed by atoms with E-state index in [0.29, 0.717) is 24.2 Å². The molecule has 3 heterocycles. The van der Waals surface area contributed by atoms with E-state index in [9.17, 15) is 4.79 Å². The van der Waals surface area contributed by atoms with Crippen LogP contribution in [0, 0.1) is 6.92 Å². The number of methoxy groups -OCH3 is 1. The summed E-state index contributed by atoms with van der Waals surface area (Å²) < 4.78 is 12.8. The lowest BCUT2D eigenvalue weighted by atomic mass is 9.87. The van der Waals surface area contributed by atoms with Crippen LogP contribution in [0.15, 0.2) is 47.1 Å². The van der Waals surface area contributed by atoms with Crippen LogP contribution in [0.25, 0.3) is 16.8 Å². The average molecular weight is 374 g/mol. The van der Waals surface area contributed by atoms with Crippen LogP contribution in [-0.4, -0.2) is 32.7 Å². The summed E-state index contributed by atoms with van der Waals surface area (Å²) in [5.41, 5.74) is 4.35. The molecule has 7 heteroatoms. The summed E-state index contributed by atoms with van der Waals surface area (Å²) >= 11 is 0. The molecule has 28 heavy (non-hydrogen) atoms. The van der Waals surface area contributed by atoms with Crippen molar-refractivity contribution in [1.82, 2.24) is 19.8 Å². The maximum atomic E-state index is 12.7. The van der Waals surface area contributed by atoms with E-state index in [-0.39, 0.29) is 11.7 Å². The number of aromatic nitrogens is 4. The van der Waals surface area contributed by atoms with E-state index in [1.54, 1.807) is 17.9 Å². The highest BCUT2D eigenvalue weighted by molar-refractivity contribution is 5.97. The monoisotopic (exact) mass is 374 g/mol. The standard InChI is InChI=1S/C21H18N4O3/c1-12-19(14-6-3-4-7-18(14)27-2)21-23-22-20-15(25(21)24-12)10-13(11-16(20)26)17-8-5-9-28-17/h3-9,13H,10-11H2,1-2H3. The fourth-order valence-corrected chi connectivity index (χ4v) is 3.97. The zero-order valence-electron chi connectivity index (χ0n) is 15.5. The molecule has 1 aromatic carbocycles. The molecular weight excluding hydrogens is 356 g/mol. The Kier molecular flexibility index (Phi) is 3.75. The van der Waals surface area contributed by atoms with E-state index in [2.05, 4.69) is 10.2 Å². The molecule has 0 bridgehead atoms. The molecule has 1 atom stereocenters. The Hall–Kier alpha value is -3.48. The minimum absolute atomic E-state index is 0.0263. The number of furan rings is 1. The molecule has 4 aromatic rings. The lowest BCUT2D eigenvalue weighted by Gasteiger charge is -2.21. The number of Topliss-reactive ketones (excluding diaryl/α,β-unsaturated/α-hetero) is 1. The molecule has 140 valence electrons. The number of carbonyl (C=O) groups is 1. The molecule has 0 spiro atoms. The third-order valence-electron chi connectivity index (χ3n) is 5.27. The Labute approximate surface area is 161 Å². The van der Waals surface area contributed by atoms with Crippen LogP contribution in [0.5, 0.6) is 5.75 Å². The molecule has 5 rings (SSSR count). The largest absolute Gasteiger partial charge is 0.496 e. The van der Waals surface area contributed by atoms with E-state index in [1.807, 2.05) is 43.3 Å². The number of hydrogen-bond donors (Lipinski definition) is 0. The summed E-state index contributed by atoms with van der Waals surface area (Å²) in [5.74, 6) is 1.48. The Morgan fingerprint density at radius 2 is 2.00 bits per heavy atom. The Morgan fingerprint density at radius 1 is 1.14 bits per heavy atom. The van der Waals surface area contributed by atoms with Crippen LogP contribution in [0.1, 0.15) is 40.0 Å². The average Bonchev–Trinajstić information content (AvgIpc) is 3.35. The molecule has 0 radical (unpaired) electrons. The van der Waals surface area contributed by atoms with Crippen molar-refractivity contribution in [3.8, 4) is 16.9 Å². The van der Waals surface area contributed by atoms with Gasteiger partial charge in [0, 0.05) is 24.3 Å². The van der Waals surface area contributed by atoms with Crippen molar-refractivity contribution >= 4 is 11.4 Å². The van der Waals surface area contributed by atoms with Crippen molar-refractivity contribution < 1.29 is 13.9 Å². The molecule has 0 aliphatic heterocycles. The number of hydrogen-bond acceptors (Lipinski definition) is 6. The molecule has 1 aliphatic rings. The number of nitrogens with zero attached hydrogens (tertiary/aromatic N) is 4. The minimum atomic E-state index is -0.0379. The van der Waals surface area contributed by atoms with Gasteiger partial charge in [0.1, 0.15) is 11.5 Å². The summed E-state index contributed by atoms with van der Waals surface area (Å²) in [6, 6.07) is 11.5. The van der Waals surface area contributed by atoms with E-state index in [0.717, 1.165) is 34.0 Å². The normalized spacial score (nSPS) is 16.4. The highest BCUT2D eigenvalue weighted by Crippen LogP contribution is 2.37. The van der Waals surface area contributed by atoms with E-state index >= 15 is 0 Å². The molecule has 0 N–H and O–H groups in total. The number of carbonyl (C=O) groups excluding carboxylic acids is 1. The van der Waals surface area contributed by atoms with Gasteiger partial charge in [-0.05, 0) is 25.1 Å². The van der Waals surface area contributed by atoms with Crippen LogP contribution in [0.4, 0.5) is 0 Å². The van der Waals surface area contributed by atoms with Crippen LogP contribution < -0.4 is 4.74 Å². The van der Waals surface area contributed by atoms with Crippen LogP contribution in [0.3, 0.4) is 0 Å². The molecular formula is C21H18N4O3. The van der Waals surface area contributed by atoms with E-state index < -0.39 is 0 Å². The van der Waals surface area contributed by atoms with Crippen molar-refractivity contribution in [2.45, 2.75) is 25.7 Å². The number of benzene rings is 1. The third kappa shape index (κ3) is 2.43. The lowest BCUT2D eigenvalue weighted by Crippen LogP contribution is -2.24. The molecule has 7 nitrogen and oxygen atoms in total. The second-order valence-corrected chi connectivity index (χ2v) is 6.94. The highest BCUT2D eigenvalue weighted by atomic mass is 16.5. The zero-order chi connectivity index (χ0) is 19.3. The minimum Gasteiger partial charge on any atom is -0.496 e. The first-order chi connectivity index (χ1) is 13.7. The lowest BCUT2D eigenvalue weighted by molar-refractivity contribution is 0.0951. The number of rotatable bonds is 3. The van der Waals surface area contributed by atoms with Crippen molar-refractivity contribution in [1.29, 1.82) is 0 Å². The summed E-state index contributed by atoms with van der Waals surface area (Å²) in [4.78, 5) is 12.7. The second kappa shape index (κ2) is 6.30. The number of aryl methyl sites for hydroxylation is 1. The number of fused-ring (bicyclic) bond motifs is 3. The van der Waals surface area contributed by atoms with E-state index in [4.69, 9.17) is 14.3 Å². The van der Waals surface area contributed by atoms with Gasteiger partial charge in [0.2, 0.25) is 0 Å². The van der Waals surface area contributed by atoms with Gasteiger partial charge >= 0.3 is 0 Å². The zero-order valence-corrected chi connectivity index (χ0v) is 15.5. The predicted octanol–water partition coefficient (Wildman–Crippen LogP) is 3.61. The van der Waals surface area contributed by atoms with Gasteiger partial charge in [0.25, 0.3) is 0 Å². The SMILES string of the molecule is COc1ccccc1-c1c(C)nn2c3c(nnc12)C(=O)CC(c1ccco1)C3. The van der Waals surface area contributed by atoms with E-state index in [1.165, 1.54) is 0 Å². The Balaban J connectivity index is 1.71.